The molecule has 1 aliphatic heterocycles. The maximum atomic E-state index is 12.1. The average molecular weight is 272 g/mol. The molecular formula is C14H28N2O3. The molecule has 1 heterocycles. The minimum absolute atomic E-state index is 0.148. The highest BCUT2D eigenvalue weighted by Crippen LogP contribution is 2.23. The number of nitrogens with zero attached hydrogens (tertiary/aromatic N) is 1. The number of piperidine rings is 1. The zero-order chi connectivity index (χ0) is 14.5. The summed E-state index contributed by atoms with van der Waals surface area (Å²) >= 11 is 0. The van der Waals surface area contributed by atoms with Gasteiger partial charge in [-0.1, -0.05) is 0 Å². The van der Waals surface area contributed by atoms with Crippen molar-refractivity contribution < 1.29 is 14.3 Å². The third-order valence-corrected chi connectivity index (χ3v) is 3.34. The molecule has 19 heavy (non-hydrogen) atoms. The Morgan fingerprint density at radius 2 is 2.16 bits per heavy atom. The monoisotopic (exact) mass is 272 g/mol. The van der Waals surface area contributed by atoms with Gasteiger partial charge < -0.3 is 19.7 Å². The second-order valence-corrected chi connectivity index (χ2v) is 6.16. The van der Waals surface area contributed by atoms with E-state index in [-0.39, 0.29) is 12.2 Å². The molecule has 0 saturated carbocycles. The molecule has 0 spiro atoms. The number of rotatable bonds is 4. The van der Waals surface area contributed by atoms with Crippen molar-refractivity contribution in [1.82, 2.24) is 10.2 Å². The Labute approximate surface area is 116 Å². The van der Waals surface area contributed by atoms with E-state index in [1.807, 2.05) is 27.8 Å². The standard InChI is InChI=1S/C14H28N2O3/c1-14(2,3)19-13(17)16-8-6-7-11(10-16)12(18-5)9-15-4/h11-12,15H,6-10H2,1-5H3. The zero-order valence-corrected chi connectivity index (χ0v) is 12.9. The molecule has 0 aromatic rings. The van der Waals surface area contributed by atoms with Crippen LogP contribution < -0.4 is 5.32 Å². The fourth-order valence-electron chi connectivity index (χ4n) is 2.45. The number of likely N-dealkylation sites (tertiary alicyclic amines) is 1. The Balaban J connectivity index is 2.56. The summed E-state index contributed by atoms with van der Waals surface area (Å²) in [6.07, 6.45) is 2.04. The molecule has 2 unspecified atom stereocenters. The summed E-state index contributed by atoms with van der Waals surface area (Å²) in [5.74, 6) is 0.374. The summed E-state index contributed by atoms with van der Waals surface area (Å²) in [5, 5.41) is 3.14. The van der Waals surface area contributed by atoms with E-state index in [1.54, 1.807) is 12.0 Å². The normalized spacial score (nSPS) is 22.2. The van der Waals surface area contributed by atoms with Gasteiger partial charge in [0.1, 0.15) is 5.60 Å². The lowest BCUT2D eigenvalue weighted by atomic mass is 9.92. The molecule has 0 bridgehead atoms. The number of hydrogen-bond acceptors (Lipinski definition) is 4. The fraction of sp³-hybridized carbons (Fsp3) is 0.929. The van der Waals surface area contributed by atoms with Gasteiger partial charge in [-0.15, -0.1) is 0 Å². The van der Waals surface area contributed by atoms with E-state index in [4.69, 9.17) is 9.47 Å². The van der Waals surface area contributed by atoms with Crippen LogP contribution >= 0.6 is 0 Å². The largest absolute Gasteiger partial charge is 0.444 e. The van der Waals surface area contributed by atoms with Gasteiger partial charge in [-0.05, 0) is 40.7 Å². The lowest BCUT2D eigenvalue weighted by Crippen LogP contribution is -2.47. The molecule has 1 N–H and O–H groups in total. The highest BCUT2D eigenvalue weighted by atomic mass is 16.6. The van der Waals surface area contributed by atoms with Crippen LogP contribution in [0.5, 0.6) is 0 Å². The van der Waals surface area contributed by atoms with Crippen molar-refractivity contribution in [2.24, 2.45) is 5.92 Å². The fourth-order valence-corrected chi connectivity index (χ4v) is 2.45. The van der Waals surface area contributed by atoms with Crippen LogP contribution in [0.4, 0.5) is 4.79 Å². The van der Waals surface area contributed by atoms with Crippen molar-refractivity contribution in [2.75, 3.05) is 33.8 Å². The number of amides is 1. The molecular weight excluding hydrogens is 244 g/mol. The summed E-state index contributed by atoms with van der Waals surface area (Å²) < 4.78 is 10.9. The summed E-state index contributed by atoms with van der Waals surface area (Å²) in [7, 11) is 3.65. The molecule has 2 atom stereocenters. The van der Waals surface area contributed by atoms with Crippen LogP contribution in [0.2, 0.25) is 0 Å². The Morgan fingerprint density at radius 3 is 2.68 bits per heavy atom. The molecule has 1 amide bonds. The number of methoxy groups -OCH3 is 1. The van der Waals surface area contributed by atoms with Crippen molar-refractivity contribution in [3.63, 3.8) is 0 Å². The van der Waals surface area contributed by atoms with Crippen LogP contribution in [0.25, 0.3) is 0 Å². The third kappa shape index (κ3) is 5.37. The van der Waals surface area contributed by atoms with E-state index in [9.17, 15) is 4.79 Å². The van der Waals surface area contributed by atoms with Crippen LogP contribution in [-0.2, 0) is 9.47 Å². The SMILES string of the molecule is CNCC(OC)C1CCCN(C(=O)OC(C)(C)C)C1. The molecule has 112 valence electrons. The van der Waals surface area contributed by atoms with E-state index in [2.05, 4.69) is 5.32 Å². The maximum Gasteiger partial charge on any atom is 0.410 e. The van der Waals surface area contributed by atoms with Crippen LogP contribution in [0.1, 0.15) is 33.6 Å². The highest BCUT2D eigenvalue weighted by Gasteiger charge is 2.31. The van der Waals surface area contributed by atoms with E-state index in [1.165, 1.54) is 0 Å². The van der Waals surface area contributed by atoms with Gasteiger partial charge in [-0.3, -0.25) is 0 Å². The molecule has 1 saturated heterocycles. The molecule has 1 rings (SSSR count). The second-order valence-electron chi connectivity index (χ2n) is 6.16. The first-order valence-electron chi connectivity index (χ1n) is 7.02. The Morgan fingerprint density at radius 1 is 1.47 bits per heavy atom. The van der Waals surface area contributed by atoms with Gasteiger partial charge >= 0.3 is 6.09 Å². The van der Waals surface area contributed by atoms with E-state index in [0.717, 1.165) is 32.5 Å². The van der Waals surface area contributed by atoms with Crippen molar-refractivity contribution in [2.45, 2.75) is 45.3 Å². The smallest absolute Gasteiger partial charge is 0.410 e. The second kappa shape index (κ2) is 7.10. The van der Waals surface area contributed by atoms with Crippen LogP contribution in [0.3, 0.4) is 0 Å². The van der Waals surface area contributed by atoms with Gasteiger partial charge in [0, 0.05) is 32.7 Å². The maximum absolute atomic E-state index is 12.1. The van der Waals surface area contributed by atoms with Gasteiger partial charge in [0.2, 0.25) is 0 Å². The first-order valence-corrected chi connectivity index (χ1v) is 7.02. The van der Waals surface area contributed by atoms with Gasteiger partial charge in [0.25, 0.3) is 0 Å². The number of likely N-dealkylation sites (N-methyl/N-ethyl adjacent to an activating group) is 1. The quantitative estimate of drug-likeness (QED) is 0.849. The third-order valence-electron chi connectivity index (χ3n) is 3.34. The van der Waals surface area contributed by atoms with Crippen molar-refractivity contribution in [3.8, 4) is 0 Å². The minimum atomic E-state index is -0.435. The van der Waals surface area contributed by atoms with Gasteiger partial charge in [-0.25, -0.2) is 4.79 Å². The molecule has 0 aliphatic carbocycles. The molecule has 0 aromatic carbocycles. The van der Waals surface area contributed by atoms with E-state index >= 15 is 0 Å². The number of carbonyl (C=O) groups excluding carboxylic acids is 1. The summed E-state index contributed by atoms with van der Waals surface area (Å²) in [4.78, 5) is 13.9. The van der Waals surface area contributed by atoms with Gasteiger partial charge in [-0.2, -0.15) is 0 Å². The molecule has 0 radical (unpaired) electrons. The number of ether oxygens (including phenoxy) is 2. The molecule has 1 aliphatic rings. The van der Waals surface area contributed by atoms with E-state index in [0.29, 0.717) is 5.92 Å². The van der Waals surface area contributed by atoms with Crippen LogP contribution in [0.15, 0.2) is 0 Å². The van der Waals surface area contributed by atoms with E-state index < -0.39 is 5.60 Å². The zero-order valence-electron chi connectivity index (χ0n) is 12.9. The predicted molar refractivity (Wildman–Crippen MR) is 75.3 cm³/mol. The number of carbonyl (C=O) groups is 1. The number of hydrogen-bond donors (Lipinski definition) is 1. The Hall–Kier alpha value is -0.810. The Kier molecular flexibility index (Phi) is 6.07. The average Bonchev–Trinajstić information content (AvgIpc) is 2.34. The minimum Gasteiger partial charge on any atom is -0.444 e. The molecule has 1 fully saturated rings. The summed E-state index contributed by atoms with van der Waals surface area (Å²) in [5.41, 5.74) is -0.435. The van der Waals surface area contributed by atoms with Crippen molar-refractivity contribution in [3.05, 3.63) is 0 Å². The predicted octanol–water partition coefficient (Wildman–Crippen LogP) is 1.87. The lowest BCUT2D eigenvalue weighted by molar-refractivity contribution is -0.00712. The molecule has 5 heteroatoms. The van der Waals surface area contributed by atoms with Crippen molar-refractivity contribution in [1.29, 1.82) is 0 Å². The van der Waals surface area contributed by atoms with Crippen molar-refractivity contribution >= 4 is 6.09 Å². The summed E-state index contributed by atoms with van der Waals surface area (Å²) in [6.45, 7) is 7.99. The van der Waals surface area contributed by atoms with Gasteiger partial charge in [0.15, 0.2) is 0 Å². The Bertz CT molecular complexity index is 289. The van der Waals surface area contributed by atoms with Gasteiger partial charge in [0.05, 0.1) is 6.10 Å². The summed E-state index contributed by atoms with van der Waals surface area (Å²) in [6, 6.07) is 0. The lowest BCUT2D eigenvalue weighted by Gasteiger charge is -2.37. The van der Waals surface area contributed by atoms with Crippen LogP contribution in [-0.4, -0.2) is 56.5 Å². The molecule has 0 aromatic heterocycles. The topological polar surface area (TPSA) is 50.8 Å². The van der Waals surface area contributed by atoms with Crippen LogP contribution in [0, 0.1) is 5.92 Å². The first-order chi connectivity index (χ1) is 8.87. The first kappa shape index (κ1) is 16.2. The number of nitrogens with one attached hydrogen (secondary N) is 1. The molecule has 5 nitrogen and oxygen atoms in total. The highest BCUT2D eigenvalue weighted by molar-refractivity contribution is 5.68.